The standard InChI is InChI=1S/C12H23N3O2/c1-5-15(7-8-17-6-2)12-11(9-16)10(3)13-14(12)4/h16H,5-9H2,1-4H3. The van der Waals surface area contributed by atoms with Gasteiger partial charge < -0.3 is 14.7 Å². The lowest BCUT2D eigenvalue weighted by atomic mass is 10.2. The first kappa shape index (κ1) is 14.0. The quantitative estimate of drug-likeness (QED) is 0.726. The fourth-order valence-electron chi connectivity index (χ4n) is 2.00. The molecule has 0 atom stereocenters. The van der Waals surface area contributed by atoms with E-state index in [1.807, 2.05) is 25.6 Å². The Labute approximate surface area is 103 Å². The van der Waals surface area contributed by atoms with Gasteiger partial charge in [-0.1, -0.05) is 0 Å². The average molecular weight is 241 g/mol. The lowest BCUT2D eigenvalue weighted by Gasteiger charge is -2.24. The van der Waals surface area contributed by atoms with E-state index in [0.717, 1.165) is 36.8 Å². The Kier molecular flexibility index (Phi) is 5.44. The summed E-state index contributed by atoms with van der Waals surface area (Å²) >= 11 is 0. The SMILES string of the molecule is CCOCCN(CC)c1c(CO)c(C)nn1C. The lowest BCUT2D eigenvalue weighted by Crippen LogP contribution is -2.29. The molecule has 1 rings (SSSR count). The maximum absolute atomic E-state index is 9.42. The van der Waals surface area contributed by atoms with E-state index in [4.69, 9.17) is 4.74 Å². The van der Waals surface area contributed by atoms with E-state index in [2.05, 4.69) is 16.9 Å². The van der Waals surface area contributed by atoms with Crippen LogP contribution in [0.15, 0.2) is 0 Å². The maximum atomic E-state index is 9.42. The van der Waals surface area contributed by atoms with Crippen molar-refractivity contribution in [2.24, 2.45) is 7.05 Å². The number of aryl methyl sites for hydroxylation is 2. The number of aliphatic hydroxyl groups is 1. The molecule has 0 saturated heterocycles. The Hall–Kier alpha value is -1.07. The van der Waals surface area contributed by atoms with E-state index >= 15 is 0 Å². The molecular weight excluding hydrogens is 218 g/mol. The van der Waals surface area contributed by atoms with E-state index in [1.54, 1.807) is 0 Å². The van der Waals surface area contributed by atoms with Crippen LogP contribution in [0.2, 0.25) is 0 Å². The topological polar surface area (TPSA) is 50.5 Å². The predicted octanol–water partition coefficient (Wildman–Crippen LogP) is 1.08. The second kappa shape index (κ2) is 6.61. The van der Waals surface area contributed by atoms with Gasteiger partial charge in [-0.05, 0) is 20.8 Å². The second-order valence-corrected chi connectivity index (χ2v) is 3.95. The van der Waals surface area contributed by atoms with Crippen LogP contribution in [-0.4, -0.2) is 41.2 Å². The zero-order chi connectivity index (χ0) is 12.8. The largest absolute Gasteiger partial charge is 0.391 e. The van der Waals surface area contributed by atoms with E-state index in [0.29, 0.717) is 6.61 Å². The van der Waals surface area contributed by atoms with Crippen molar-refractivity contribution in [1.82, 2.24) is 9.78 Å². The van der Waals surface area contributed by atoms with Crippen molar-refractivity contribution in [1.29, 1.82) is 0 Å². The van der Waals surface area contributed by atoms with Crippen LogP contribution in [0.5, 0.6) is 0 Å². The van der Waals surface area contributed by atoms with Crippen molar-refractivity contribution < 1.29 is 9.84 Å². The predicted molar refractivity (Wildman–Crippen MR) is 68.2 cm³/mol. The molecular formula is C12H23N3O2. The Balaban J connectivity index is 2.86. The first-order chi connectivity index (χ1) is 8.15. The first-order valence-electron chi connectivity index (χ1n) is 6.11. The third kappa shape index (κ3) is 3.20. The molecule has 0 unspecified atom stereocenters. The Morgan fingerprint density at radius 2 is 2.12 bits per heavy atom. The highest BCUT2D eigenvalue weighted by molar-refractivity contribution is 5.49. The van der Waals surface area contributed by atoms with E-state index in [-0.39, 0.29) is 6.61 Å². The van der Waals surface area contributed by atoms with E-state index in [9.17, 15) is 5.11 Å². The van der Waals surface area contributed by atoms with Crippen LogP contribution >= 0.6 is 0 Å². The highest BCUT2D eigenvalue weighted by Gasteiger charge is 2.17. The number of aliphatic hydroxyl groups excluding tert-OH is 1. The Morgan fingerprint density at radius 1 is 1.41 bits per heavy atom. The van der Waals surface area contributed by atoms with Crippen LogP contribution in [0.1, 0.15) is 25.1 Å². The van der Waals surface area contributed by atoms with Crippen LogP contribution in [0, 0.1) is 6.92 Å². The van der Waals surface area contributed by atoms with Crippen molar-refractivity contribution in [2.75, 3.05) is 31.2 Å². The normalized spacial score (nSPS) is 10.9. The molecule has 5 nitrogen and oxygen atoms in total. The zero-order valence-electron chi connectivity index (χ0n) is 11.2. The van der Waals surface area contributed by atoms with Crippen molar-refractivity contribution in [3.05, 3.63) is 11.3 Å². The summed E-state index contributed by atoms with van der Waals surface area (Å²) < 4.78 is 7.20. The number of nitrogens with zero attached hydrogens (tertiary/aromatic N) is 3. The summed E-state index contributed by atoms with van der Waals surface area (Å²) in [4.78, 5) is 2.18. The highest BCUT2D eigenvalue weighted by atomic mass is 16.5. The smallest absolute Gasteiger partial charge is 0.132 e. The minimum absolute atomic E-state index is 0.0279. The van der Waals surface area contributed by atoms with Crippen molar-refractivity contribution in [2.45, 2.75) is 27.4 Å². The third-order valence-electron chi connectivity index (χ3n) is 2.86. The number of hydrogen-bond acceptors (Lipinski definition) is 4. The first-order valence-corrected chi connectivity index (χ1v) is 6.11. The van der Waals surface area contributed by atoms with Gasteiger partial charge in [0, 0.05) is 32.3 Å². The van der Waals surface area contributed by atoms with Crippen LogP contribution in [0.4, 0.5) is 5.82 Å². The molecule has 1 aromatic rings. The van der Waals surface area contributed by atoms with Gasteiger partial charge in [0.25, 0.3) is 0 Å². The molecule has 5 heteroatoms. The summed E-state index contributed by atoms with van der Waals surface area (Å²) in [6, 6.07) is 0. The summed E-state index contributed by atoms with van der Waals surface area (Å²) in [5.41, 5.74) is 1.80. The van der Waals surface area contributed by atoms with Crippen LogP contribution in [0.3, 0.4) is 0 Å². The molecule has 98 valence electrons. The van der Waals surface area contributed by atoms with Gasteiger partial charge in [-0.3, -0.25) is 4.68 Å². The van der Waals surface area contributed by atoms with Gasteiger partial charge in [-0.15, -0.1) is 0 Å². The molecule has 0 amide bonds. The van der Waals surface area contributed by atoms with E-state index < -0.39 is 0 Å². The van der Waals surface area contributed by atoms with Gasteiger partial charge in [0.1, 0.15) is 5.82 Å². The summed E-state index contributed by atoms with van der Waals surface area (Å²) in [5.74, 6) is 0.993. The summed E-state index contributed by atoms with van der Waals surface area (Å²) in [6.07, 6.45) is 0. The molecule has 0 aromatic carbocycles. The maximum Gasteiger partial charge on any atom is 0.132 e. The minimum atomic E-state index is 0.0279. The second-order valence-electron chi connectivity index (χ2n) is 3.95. The molecule has 0 radical (unpaired) electrons. The van der Waals surface area contributed by atoms with Gasteiger partial charge in [-0.25, -0.2) is 0 Å². The molecule has 0 aliphatic carbocycles. The van der Waals surface area contributed by atoms with Crippen LogP contribution in [-0.2, 0) is 18.4 Å². The van der Waals surface area contributed by atoms with Crippen molar-refractivity contribution in [3.63, 3.8) is 0 Å². The van der Waals surface area contributed by atoms with Crippen molar-refractivity contribution >= 4 is 5.82 Å². The number of hydrogen-bond donors (Lipinski definition) is 1. The monoisotopic (exact) mass is 241 g/mol. The molecule has 0 fully saturated rings. The molecule has 1 aromatic heterocycles. The van der Waals surface area contributed by atoms with Gasteiger partial charge >= 0.3 is 0 Å². The number of aromatic nitrogens is 2. The number of rotatable bonds is 7. The molecule has 0 bridgehead atoms. The van der Waals surface area contributed by atoms with Crippen LogP contribution < -0.4 is 4.90 Å². The molecule has 1 heterocycles. The summed E-state index contributed by atoms with van der Waals surface area (Å²) in [5, 5.41) is 13.8. The number of likely N-dealkylation sites (N-methyl/N-ethyl adjacent to an activating group) is 1. The Morgan fingerprint density at radius 3 is 2.65 bits per heavy atom. The summed E-state index contributed by atoms with van der Waals surface area (Å²) in [7, 11) is 1.91. The van der Waals surface area contributed by atoms with Gasteiger partial charge in [0.2, 0.25) is 0 Å². The third-order valence-corrected chi connectivity index (χ3v) is 2.86. The zero-order valence-corrected chi connectivity index (χ0v) is 11.2. The molecule has 0 saturated carbocycles. The number of ether oxygens (including phenoxy) is 1. The fourth-order valence-corrected chi connectivity index (χ4v) is 2.00. The van der Waals surface area contributed by atoms with Gasteiger partial charge in [0.15, 0.2) is 0 Å². The van der Waals surface area contributed by atoms with E-state index in [1.165, 1.54) is 0 Å². The molecule has 0 spiro atoms. The van der Waals surface area contributed by atoms with Crippen molar-refractivity contribution in [3.8, 4) is 0 Å². The lowest BCUT2D eigenvalue weighted by molar-refractivity contribution is 0.153. The minimum Gasteiger partial charge on any atom is -0.391 e. The molecule has 1 N–H and O–H groups in total. The van der Waals surface area contributed by atoms with Gasteiger partial charge in [-0.2, -0.15) is 5.10 Å². The molecule has 0 aliphatic rings. The molecule has 17 heavy (non-hydrogen) atoms. The molecule has 0 aliphatic heterocycles. The summed E-state index contributed by atoms with van der Waals surface area (Å²) in [6.45, 7) is 9.15. The highest BCUT2D eigenvalue weighted by Crippen LogP contribution is 2.22. The van der Waals surface area contributed by atoms with Crippen LogP contribution in [0.25, 0.3) is 0 Å². The Bertz CT molecular complexity index is 350. The van der Waals surface area contributed by atoms with Gasteiger partial charge in [0.05, 0.1) is 18.9 Å². The fraction of sp³-hybridized carbons (Fsp3) is 0.750. The average Bonchev–Trinajstić information content (AvgIpc) is 2.59. The number of anilines is 1.